The average Bonchev–Trinajstić information content (AvgIpc) is 2.30. The van der Waals surface area contributed by atoms with Crippen LogP contribution in [0, 0.1) is 0 Å². The lowest BCUT2D eigenvalue weighted by molar-refractivity contribution is -0.142. The molecule has 0 aromatic carbocycles. The molecule has 1 aromatic heterocycles. The Morgan fingerprint density at radius 2 is 2.05 bits per heavy atom. The number of esters is 1. The molecule has 0 unspecified atom stereocenters. The lowest BCUT2D eigenvalue weighted by Crippen LogP contribution is -2.15. The van der Waals surface area contributed by atoms with E-state index in [4.69, 9.17) is 0 Å². The second-order valence-corrected chi connectivity index (χ2v) is 4.48. The van der Waals surface area contributed by atoms with Crippen molar-refractivity contribution in [2.75, 3.05) is 6.61 Å². The predicted octanol–water partition coefficient (Wildman–Crippen LogP) is 3.91. The maximum Gasteiger partial charge on any atom is 0.418 e. The van der Waals surface area contributed by atoms with Gasteiger partial charge in [-0.3, -0.25) is 4.79 Å². The van der Waals surface area contributed by atoms with Crippen LogP contribution in [-0.2, 0) is 22.1 Å². The summed E-state index contributed by atoms with van der Waals surface area (Å²) in [6.45, 7) is 1.61. The number of alkyl halides is 5. The van der Waals surface area contributed by atoms with Gasteiger partial charge in [0.15, 0.2) is 0 Å². The number of ether oxygens (including phenoxy) is 1. The summed E-state index contributed by atoms with van der Waals surface area (Å²) in [4.78, 5) is 14.5. The molecule has 0 aliphatic heterocycles. The molecule has 0 bridgehead atoms. The van der Waals surface area contributed by atoms with Gasteiger partial charge in [0.25, 0.3) is 6.43 Å². The minimum atomic E-state index is -4.95. The number of carbonyl (C=O) groups is 1. The van der Waals surface area contributed by atoms with E-state index >= 15 is 0 Å². The summed E-state index contributed by atoms with van der Waals surface area (Å²) in [5.41, 5.74) is -3.17. The smallest absolute Gasteiger partial charge is 0.418 e. The Kier molecular flexibility index (Phi) is 5.43. The minimum absolute atomic E-state index is 0.0682. The number of aromatic nitrogens is 1. The maximum absolute atomic E-state index is 12.7. The largest absolute Gasteiger partial charge is 0.466 e. The van der Waals surface area contributed by atoms with Crippen LogP contribution in [0.3, 0.4) is 0 Å². The van der Waals surface area contributed by atoms with Crippen molar-refractivity contribution in [3.63, 3.8) is 0 Å². The van der Waals surface area contributed by atoms with Crippen LogP contribution in [0.2, 0.25) is 0 Å². The van der Waals surface area contributed by atoms with Gasteiger partial charge in [0, 0.05) is 4.47 Å². The molecule has 1 aromatic rings. The Labute approximate surface area is 119 Å². The summed E-state index contributed by atoms with van der Waals surface area (Å²) in [5, 5.41) is 0. The van der Waals surface area contributed by atoms with Crippen molar-refractivity contribution in [3.05, 3.63) is 27.5 Å². The fraction of sp³-hybridized carbons (Fsp3) is 0.455. The molecular formula is C11H9BrF5NO2. The van der Waals surface area contributed by atoms with E-state index in [9.17, 15) is 26.7 Å². The number of pyridine rings is 1. The number of nitrogens with zero attached hydrogens (tertiary/aromatic N) is 1. The lowest BCUT2D eigenvalue weighted by Gasteiger charge is -2.14. The van der Waals surface area contributed by atoms with Gasteiger partial charge in [-0.2, -0.15) is 13.2 Å². The first-order valence-corrected chi connectivity index (χ1v) is 6.16. The molecule has 0 fully saturated rings. The first kappa shape index (κ1) is 16.8. The first-order chi connectivity index (χ1) is 9.16. The SMILES string of the molecule is CCOC(=O)Cc1nc(C(F)F)c(C(F)(F)F)cc1Br. The fourth-order valence-electron chi connectivity index (χ4n) is 1.41. The molecule has 112 valence electrons. The molecule has 1 rings (SSSR count). The summed E-state index contributed by atoms with van der Waals surface area (Å²) in [6, 6.07) is 0.489. The number of hydrogen-bond acceptors (Lipinski definition) is 3. The zero-order valence-electron chi connectivity index (χ0n) is 10.1. The van der Waals surface area contributed by atoms with Gasteiger partial charge in [-0.25, -0.2) is 13.8 Å². The van der Waals surface area contributed by atoms with E-state index in [0.717, 1.165) is 0 Å². The van der Waals surface area contributed by atoms with Crippen LogP contribution in [0.15, 0.2) is 10.5 Å². The van der Waals surface area contributed by atoms with Crippen LogP contribution < -0.4 is 0 Å². The third-order valence-corrected chi connectivity index (χ3v) is 2.89. The molecular weight excluding hydrogens is 353 g/mol. The monoisotopic (exact) mass is 361 g/mol. The van der Waals surface area contributed by atoms with E-state index < -0.39 is 36.2 Å². The van der Waals surface area contributed by atoms with E-state index in [1.165, 1.54) is 6.92 Å². The Morgan fingerprint density at radius 1 is 1.45 bits per heavy atom. The second kappa shape index (κ2) is 6.47. The molecule has 1 heterocycles. The van der Waals surface area contributed by atoms with Gasteiger partial charge in [-0.05, 0) is 28.9 Å². The van der Waals surface area contributed by atoms with Gasteiger partial charge in [0.1, 0.15) is 5.69 Å². The molecule has 20 heavy (non-hydrogen) atoms. The van der Waals surface area contributed by atoms with Crippen LogP contribution in [0.25, 0.3) is 0 Å². The van der Waals surface area contributed by atoms with Gasteiger partial charge in [0.2, 0.25) is 0 Å². The van der Waals surface area contributed by atoms with Crippen molar-refractivity contribution >= 4 is 21.9 Å². The summed E-state index contributed by atoms with van der Waals surface area (Å²) >= 11 is 2.79. The molecule has 0 saturated heterocycles. The molecule has 0 aliphatic rings. The second-order valence-electron chi connectivity index (χ2n) is 3.63. The van der Waals surface area contributed by atoms with Crippen molar-refractivity contribution < 1.29 is 31.5 Å². The minimum Gasteiger partial charge on any atom is -0.466 e. The molecule has 0 spiro atoms. The highest BCUT2D eigenvalue weighted by atomic mass is 79.9. The highest BCUT2D eigenvalue weighted by molar-refractivity contribution is 9.10. The van der Waals surface area contributed by atoms with E-state index in [0.29, 0.717) is 6.07 Å². The van der Waals surface area contributed by atoms with Gasteiger partial charge < -0.3 is 4.74 Å². The molecule has 0 atom stereocenters. The summed E-state index contributed by atoms with van der Waals surface area (Å²) in [5.74, 6) is -0.763. The Balaban J connectivity index is 3.24. The zero-order valence-corrected chi connectivity index (χ0v) is 11.7. The zero-order chi connectivity index (χ0) is 15.5. The van der Waals surface area contributed by atoms with Crippen LogP contribution >= 0.6 is 15.9 Å². The molecule has 0 aliphatic carbocycles. The summed E-state index contributed by atoms with van der Waals surface area (Å²) in [6.07, 6.45) is -8.85. The number of rotatable bonds is 4. The number of halogens is 6. The Bertz CT molecular complexity index is 504. The molecule has 0 saturated carbocycles. The van der Waals surface area contributed by atoms with Crippen molar-refractivity contribution in [3.8, 4) is 0 Å². The van der Waals surface area contributed by atoms with E-state index in [-0.39, 0.29) is 16.8 Å². The van der Waals surface area contributed by atoms with Gasteiger partial charge in [-0.15, -0.1) is 0 Å². The fourth-order valence-corrected chi connectivity index (χ4v) is 1.87. The van der Waals surface area contributed by atoms with Gasteiger partial charge >= 0.3 is 12.1 Å². The third kappa shape index (κ3) is 4.12. The molecule has 0 radical (unpaired) electrons. The van der Waals surface area contributed by atoms with Gasteiger partial charge in [-0.1, -0.05) is 0 Å². The van der Waals surface area contributed by atoms with Crippen LogP contribution in [0.1, 0.15) is 30.3 Å². The normalized spacial score (nSPS) is 11.8. The number of hydrogen-bond donors (Lipinski definition) is 0. The van der Waals surface area contributed by atoms with Crippen molar-refractivity contribution in [2.24, 2.45) is 0 Å². The van der Waals surface area contributed by atoms with Crippen molar-refractivity contribution in [2.45, 2.75) is 25.9 Å². The highest BCUT2D eigenvalue weighted by Gasteiger charge is 2.37. The van der Waals surface area contributed by atoms with Gasteiger partial charge in [0.05, 0.1) is 24.3 Å². The van der Waals surface area contributed by atoms with Crippen LogP contribution in [0.5, 0.6) is 0 Å². The van der Waals surface area contributed by atoms with Crippen LogP contribution in [0.4, 0.5) is 22.0 Å². The van der Waals surface area contributed by atoms with Crippen LogP contribution in [-0.4, -0.2) is 17.6 Å². The third-order valence-electron chi connectivity index (χ3n) is 2.21. The van der Waals surface area contributed by atoms with E-state index in [1.807, 2.05) is 0 Å². The van der Waals surface area contributed by atoms with E-state index in [2.05, 4.69) is 25.7 Å². The number of carbonyl (C=O) groups excluding carboxylic acids is 1. The topological polar surface area (TPSA) is 39.2 Å². The standard InChI is InChI=1S/C11H9BrF5NO2/c1-2-20-8(19)4-7-6(12)3-5(11(15,16)17)9(18-7)10(13)14/h3,10H,2,4H2,1H3. The molecule has 9 heteroatoms. The summed E-state index contributed by atoms with van der Waals surface area (Å²) < 4.78 is 67.6. The molecule has 3 nitrogen and oxygen atoms in total. The quantitative estimate of drug-likeness (QED) is 0.602. The highest BCUT2D eigenvalue weighted by Crippen LogP contribution is 2.37. The average molecular weight is 362 g/mol. The Morgan fingerprint density at radius 3 is 2.50 bits per heavy atom. The van der Waals surface area contributed by atoms with Crippen molar-refractivity contribution in [1.82, 2.24) is 4.98 Å². The lowest BCUT2D eigenvalue weighted by atomic mass is 10.1. The predicted molar refractivity (Wildman–Crippen MR) is 62.2 cm³/mol. The first-order valence-electron chi connectivity index (χ1n) is 5.37. The van der Waals surface area contributed by atoms with E-state index in [1.54, 1.807) is 0 Å². The molecule has 0 N–H and O–H groups in total. The maximum atomic E-state index is 12.7. The Hall–Kier alpha value is -1.25. The molecule has 0 amide bonds. The van der Waals surface area contributed by atoms with Crippen molar-refractivity contribution in [1.29, 1.82) is 0 Å². The summed E-state index contributed by atoms with van der Waals surface area (Å²) in [7, 11) is 0.